The lowest BCUT2D eigenvalue weighted by atomic mass is 9.85. The fourth-order valence-electron chi connectivity index (χ4n) is 3.85. The summed E-state index contributed by atoms with van der Waals surface area (Å²) < 4.78 is 1.71. The SMILES string of the molecule is Cn1cc(CNC(=O)NC2C3CCC(C3)C2CO)cn1. The monoisotopic (exact) mass is 278 g/mol. The van der Waals surface area contributed by atoms with Crippen LogP contribution in [-0.4, -0.2) is 33.6 Å². The van der Waals surface area contributed by atoms with Crippen molar-refractivity contribution in [2.45, 2.75) is 31.8 Å². The molecule has 0 aromatic carbocycles. The third-order valence-corrected chi connectivity index (χ3v) is 4.81. The van der Waals surface area contributed by atoms with Crippen LogP contribution in [0.1, 0.15) is 24.8 Å². The molecule has 2 amide bonds. The lowest BCUT2D eigenvalue weighted by Crippen LogP contribution is -2.48. The van der Waals surface area contributed by atoms with E-state index in [1.54, 1.807) is 10.9 Å². The van der Waals surface area contributed by atoms with Gasteiger partial charge in [0.15, 0.2) is 0 Å². The zero-order valence-corrected chi connectivity index (χ0v) is 11.7. The molecule has 1 heterocycles. The Bertz CT molecular complexity index is 487. The number of aliphatic hydroxyl groups is 1. The van der Waals surface area contributed by atoms with E-state index in [1.165, 1.54) is 12.8 Å². The maximum atomic E-state index is 12.0. The maximum Gasteiger partial charge on any atom is 0.315 e. The van der Waals surface area contributed by atoms with Gasteiger partial charge in [0.05, 0.1) is 6.20 Å². The maximum absolute atomic E-state index is 12.0. The molecular formula is C14H22N4O2. The molecule has 3 N–H and O–H groups in total. The Hall–Kier alpha value is -1.56. The van der Waals surface area contributed by atoms with E-state index in [2.05, 4.69) is 15.7 Å². The van der Waals surface area contributed by atoms with Gasteiger partial charge >= 0.3 is 6.03 Å². The summed E-state index contributed by atoms with van der Waals surface area (Å²) in [5, 5.41) is 19.5. The molecule has 2 aliphatic carbocycles. The van der Waals surface area contributed by atoms with Gasteiger partial charge < -0.3 is 15.7 Å². The van der Waals surface area contributed by atoms with Crippen molar-refractivity contribution in [3.8, 4) is 0 Å². The number of fused-ring (bicyclic) bond motifs is 2. The van der Waals surface area contributed by atoms with Gasteiger partial charge in [0, 0.05) is 43.9 Å². The molecule has 110 valence electrons. The van der Waals surface area contributed by atoms with Crippen LogP contribution in [0.15, 0.2) is 12.4 Å². The van der Waals surface area contributed by atoms with E-state index in [1.807, 2.05) is 13.2 Å². The lowest BCUT2D eigenvalue weighted by Gasteiger charge is -2.30. The van der Waals surface area contributed by atoms with Crippen LogP contribution < -0.4 is 10.6 Å². The van der Waals surface area contributed by atoms with E-state index >= 15 is 0 Å². The van der Waals surface area contributed by atoms with Gasteiger partial charge in [-0.15, -0.1) is 0 Å². The van der Waals surface area contributed by atoms with E-state index in [0.29, 0.717) is 18.4 Å². The van der Waals surface area contributed by atoms with Crippen LogP contribution in [-0.2, 0) is 13.6 Å². The van der Waals surface area contributed by atoms with E-state index in [9.17, 15) is 9.90 Å². The summed E-state index contributed by atoms with van der Waals surface area (Å²) in [4.78, 5) is 12.0. The molecule has 0 radical (unpaired) electrons. The van der Waals surface area contributed by atoms with Crippen molar-refractivity contribution < 1.29 is 9.90 Å². The standard InChI is InChI=1S/C14H22N4O2/c1-18-7-9(6-16-18)5-15-14(20)17-13-11-3-2-10(4-11)12(13)8-19/h6-7,10-13,19H,2-5,8H2,1H3,(H2,15,17,20). The topological polar surface area (TPSA) is 79.2 Å². The number of carbonyl (C=O) groups is 1. The molecule has 20 heavy (non-hydrogen) atoms. The molecule has 0 spiro atoms. The molecule has 2 aliphatic rings. The van der Waals surface area contributed by atoms with Gasteiger partial charge in [-0.25, -0.2) is 4.79 Å². The van der Waals surface area contributed by atoms with Gasteiger partial charge in [0.2, 0.25) is 0 Å². The van der Waals surface area contributed by atoms with Crippen LogP contribution in [0.2, 0.25) is 0 Å². The Balaban J connectivity index is 1.51. The number of carbonyl (C=O) groups excluding carboxylic acids is 1. The van der Waals surface area contributed by atoms with Crippen LogP contribution in [0.3, 0.4) is 0 Å². The molecule has 6 heteroatoms. The zero-order chi connectivity index (χ0) is 14.1. The molecule has 4 unspecified atom stereocenters. The second-order valence-electron chi connectivity index (χ2n) is 6.05. The van der Waals surface area contributed by atoms with Crippen LogP contribution in [0.4, 0.5) is 4.79 Å². The van der Waals surface area contributed by atoms with Crippen molar-refractivity contribution in [2.75, 3.05) is 6.61 Å². The second-order valence-corrected chi connectivity index (χ2v) is 6.05. The van der Waals surface area contributed by atoms with Crippen molar-refractivity contribution in [2.24, 2.45) is 24.8 Å². The highest BCUT2D eigenvalue weighted by Gasteiger charge is 2.47. The summed E-state index contributed by atoms with van der Waals surface area (Å²) in [6.07, 6.45) is 7.15. The quantitative estimate of drug-likeness (QED) is 0.755. The Morgan fingerprint density at radius 3 is 3.00 bits per heavy atom. The molecule has 0 saturated heterocycles. The number of aromatic nitrogens is 2. The fraction of sp³-hybridized carbons (Fsp3) is 0.714. The van der Waals surface area contributed by atoms with Crippen molar-refractivity contribution in [1.29, 1.82) is 0 Å². The van der Waals surface area contributed by atoms with Crippen molar-refractivity contribution >= 4 is 6.03 Å². The minimum atomic E-state index is -0.148. The number of aliphatic hydroxyl groups excluding tert-OH is 1. The average Bonchev–Trinajstić information content (AvgIpc) is 3.12. The van der Waals surface area contributed by atoms with Crippen LogP contribution in [0.5, 0.6) is 0 Å². The number of aryl methyl sites for hydroxylation is 1. The lowest BCUT2D eigenvalue weighted by molar-refractivity contribution is 0.144. The molecule has 2 saturated carbocycles. The highest BCUT2D eigenvalue weighted by Crippen LogP contribution is 2.48. The highest BCUT2D eigenvalue weighted by atomic mass is 16.3. The van der Waals surface area contributed by atoms with Crippen LogP contribution in [0.25, 0.3) is 0 Å². The molecule has 2 bridgehead atoms. The van der Waals surface area contributed by atoms with E-state index in [4.69, 9.17) is 0 Å². The van der Waals surface area contributed by atoms with E-state index < -0.39 is 0 Å². The molecule has 6 nitrogen and oxygen atoms in total. The number of urea groups is 1. The Morgan fingerprint density at radius 2 is 2.30 bits per heavy atom. The summed E-state index contributed by atoms with van der Waals surface area (Å²) >= 11 is 0. The molecule has 0 aliphatic heterocycles. The van der Waals surface area contributed by atoms with Gasteiger partial charge in [-0.2, -0.15) is 5.10 Å². The van der Waals surface area contributed by atoms with Gasteiger partial charge in [-0.05, 0) is 31.1 Å². The van der Waals surface area contributed by atoms with Gasteiger partial charge in [-0.3, -0.25) is 4.68 Å². The minimum absolute atomic E-state index is 0.132. The molecule has 4 atom stereocenters. The Labute approximate surface area is 118 Å². The third kappa shape index (κ3) is 2.52. The van der Waals surface area contributed by atoms with Gasteiger partial charge in [0.1, 0.15) is 0 Å². The fourth-order valence-corrected chi connectivity index (χ4v) is 3.85. The molecule has 2 fully saturated rings. The van der Waals surface area contributed by atoms with Crippen LogP contribution in [0, 0.1) is 17.8 Å². The van der Waals surface area contributed by atoms with Crippen molar-refractivity contribution in [1.82, 2.24) is 20.4 Å². The van der Waals surface area contributed by atoms with Crippen molar-refractivity contribution in [3.05, 3.63) is 18.0 Å². The number of hydrogen-bond acceptors (Lipinski definition) is 3. The highest BCUT2D eigenvalue weighted by molar-refractivity contribution is 5.74. The normalized spacial score (nSPS) is 31.5. The summed E-state index contributed by atoms with van der Waals surface area (Å²) in [5.74, 6) is 1.37. The van der Waals surface area contributed by atoms with E-state index in [-0.39, 0.29) is 24.6 Å². The Kier molecular flexibility index (Phi) is 3.65. The van der Waals surface area contributed by atoms with Gasteiger partial charge in [-0.1, -0.05) is 0 Å². The summed E-state index contributed by atoms with van der Waals surface area (Å²) in [5.41, 5.74) is 0.981. The first-order valence-electron chi connectivity index (χ1n) is 7.30. The molecule has 1 aromatic rings. The molecular weight excluding hydrogens is 256 g/mol. The predicted molar refractivity (Wildman–Crippen MR) is 73.8 cm³/mol. The predicted octanol–water partition coefficient (Wildman–Crippen LogP) is 0.626. The molecule has 1 aromatic heterocycles. The van der Waals surface area contributed by atoms with Gasteiger partial charge in [0.25, 0.3) is 0 Å². The molecule has 3 rings (SSSR count). The third-order valence-electron chi connectivity index (χ3n) is 4.81. The first kappa shape index (κ1) is 13.4. The summed E-state index contributed by atoms with van der Waals surface area (Å²) in [6.45, 7) is 0.652. The zero-order valence-electron chi connectivity index (χ0n) is 11.7. The summed E-state index contributed by atoms with van der Waals surface area (Å²) in [6, 6.07) is -0.0162. The number of nitrogens with one attached hydrogen (secondary N) is 2. The first-order chi connectivity index (χ1) is 9.67. The van der Waals surface area contributed by atoms with E-state index in [0.717, 1.165) is 12.0 Å². The number of hydrogen-bond donors (Lipinski definition) is 3. The number of amides is 2. The summed E-state index contributed by atoms with van der Waals surface area (Å²) in [7, 11) is 1.85. The number of nitrogens with zero attached hydrogens (tertiary/aromatic N) is 2. The number of rotatable bonds is 4. The largest absolute Gasteiger partial charge is 0.396 e. The average molecular weight is 278 g/mol. The van der Waals surface area contributed by atoms with Crippen LogP contribution >= 0.6 is 0 Å². The smallest absolute Gasteiger partial charge is 0.315 e. The Morgan fingerprint density at radius 1 is 1.50 bits per heavy atom. The first-order valence-corrected chi connectivity index (χ1v) is 7.30. The van der Waals surface area contributed by atoms with Crippen molar-refractivity contribution in [3.63, 3.8) is 0 Å². The minimum Gasteiger partial charge on any atom is -0.396 e. The second kappa shape index (κ2) is 5.44.